The summed E-state index contributed by atoms with van der Waals surface area (Å²) in [4.78, 5) is 27.7. The summed E-state index contributed by atoms with van der Waals surface area (Å²) in [6, 6.07) is 8.23. The molecular weight excluding hydrogens is 402 g/mol. The minimum absolute atomic E-state index is 0.0297. The van der Waals surface area contributed by atoms with Crippen molar-refractivity contribution in [2.24, 2.45) is 0 Å². The summed E-state index contributed by atoms with van der Waals surface area (Å²) in [5.74, 6) is 0.163. The molecule has 0 aliphatic heterocycles. The van der Waals surface area contributed by atoms with Crippen molar-refractivity contribution >= 4 is 15.6 Å². The average Bonchev–Trinajstić information content (AvgIpc) is 2.70. The second-order valence-electron chi connectivity index (χ2n) is 7.54. The van der Waals surface area contributed by atoms with Crippen LogP contribution in [0.4, 0.5) is 0 Å². The van der Waals surface area contributed by atoms with Crippen LogP contribution in [0, 0.1) is 4.78 Å². The van der Waals surface area contributed by atoms with Crippen molar-refractivity contribution in [1.29, 1.82) is 4.78 Å². The molecule has 0 saturated carbocycles. The number of nitrogens with one attached hydrogen (secondary N) is 3. The van der Waals surface area contributed by atoms with Gasteiger partial charge >= 0.3 is 0 Å². The number of ether oxygens (including phenoxy) is 1. The summed E-state index contributed by atoms with van der Waals surface area (Å²) < 4.78 is 26.3. The third-order valence-corrected chi connectivity index (χ3v) is 6.34. The lowest BCUT2D eigenvalue weighted by Crippen LogP contribution is -2.31. The van der Waals surface area contributed by atoms with Crippen LogP contribution in [0.1, 0.15) is 48.3 Å². The lowest BCUT2D eigenvalue weighted by Gasteiger charge is -2.15. The second-order valence-corrected chi connectivity index (χ2v) is 9.49. The van der Waals surface area contributed by atoms with Crippen LogP contribution in [0.3, 0.4) is 0 Å². The monoisotopic (exact) mass is 429 g/mol. The van der Waals surface area contributed by atoms with Gasteiger partial charge in [-0.05, 0) is 75.4 Å². The van der Waals surface area contributed by atoms with Gasteiger partial charge in [-0.2, -0.15) is 0 Å². The number of rotatable bonds is 7. The number of aryl methyl sites for hydroxylation is 2. The van der Waals surface area contributed by atoms with Crippen molar-refractivity contribution in [3.63, 3.8) is 0 Å². The number of aromatic amines is 1. The molecule has 1 aromatic heterocycles. The van der Waals surface area contributed by atoms with Crippen molar-refractivity contribution < 1.29 is 13.7 Å². The Morgan fingerprint density at radius 3 is 2.67 bits per heavy atom. The Hall–Kier alpha value is -2.87. The summed E-state index contributed by atoms with van der Waals surface area (Å²) in [6.45, 7) is 3.90. The normalized spacial score (nSPS) is 15.6. The molecule has 0 fully saturated rings. The van der Waals surface area contributed by atoms with Crippen LogP contribution in [0.2, 0.25) is 0 Å². The Morgan fingerprint density at radius 1 is 1.27 bits per heavy atom. The Bertz CT molecular complexity index is 1100. The van der Waals surface area contributed by atoms with E-state index in [9.17, 15) is 13.8 Å². The van der Waals surface area contributed by atoms with Gasteiger partial charge < -0.3 is 15.0 Å². The minimum atomic E-state index is -3.14. The molecule has 1 aliphatic rings. The maximum Gasteiger partial charge on any atom is 0.261 e. The first-order chi connectivity index (χ1) is 14.3. The fourth-order valence-corrected chi connectivity index (χ4v) is 4.41. The summed E-state index contributed by atoms with van der Waals surface area (Å²) in [7, 11) is -3.14. The van der Waals surface area contributed by atoms with E-state index in [1.807, 2.05) is 13.8 Å². The SMILES string of the molecule is CC(C)Oc1ccc(S(=N)(=O)/C=C/CNC(=O)c2cc3c([nH]c2=O)CCCC3)cc1. The van der Waals surface area contributed by atoms with Crippen LogP contribution < -0.4 is 15.6 Å². The highest BCUT2D eigenvalue weighted by Crippen LogP contribution is 2.20. The zero-order valence-corrected chi connectivity index (χ0v) is 18.0. The topological polar surface area (TPSA) is 112 Å². The van der Waals surface area contributed by atoms with Crippen molar-refractivity contribution in [3.8, 4) is 5.75 Å². The Morgan fingerprint density at radius 2 is 1.97 bits per heavy atom. The van der Waals surface area contributed by atoms with Gasteiger partial charge in [-0.3, -0.25) is 9.59 Å². The number of carbonyl (C=O) groups is 1. The van der Waals surface area contributed by atoms with E-state index in [-0.39, 0.29) is 18.2 Å². The summed E-state index contributed by atoms with van der Waals surface area (Å²) in [6.07, 6.45) is 5.27. The van der Waals surface area contributed by atoms with Crippen LogP contribution in [0.5, 0.6) is 5.75 Å². The van der Waals surface area contributed by atoms with Crippen molar-refractivity contribution in [2.75, 3.05) is 6.54 Å². The molecule has 1 atom stereocenters. The molecule has 8 heteroatoms. The van der Waals surface area contributed by atoms with E-state index >= 15 is 0 Å². The van der Waals surface area contributed by atoms with Gasteiger partial charge in [0.15, 0.2) is 0 Å². The van der Waals surface area contributed by atoms with Crippen LogP contribution in [0.25, 0.3) is 0 Å². The van der Waals surface area contributed by atoms with E-state index < -0.39 is 21.2 Å². The van der Waals surface area contributed by atoms with Gasteiger partial charge in [0.2, 0.25) is 0 Å². The zero-order chi connectivity index (χ0) is 21.7. The molecular formula is C22H27N3O4S. The number of amides is 1. The third-order valence-electron chi connectivity index (χ3n) is 4.80. The Kier molecular flexibility index (Phi) is 6.77. The molecule has 0 saturated heterocycles. The fraction of sp³-hybridized carbons (Fsp3) is 0.364. The third kappa shape index (κ3) is 5.38. The first-order valence-corrected chi connectivity index (χ1v) is 11.6. The van der Waals surface area contributed by atoms with Gasteiger partial charge in [-0.15, -0.1) is 0 Å². The molecule has 0 radical (unpaired) electrons. The predicted molar refractivity (Wildman–Crippen MR) is 117 cm³/mol. The molecule has 3 N–H and O–H groups in total. The number of aromatic nitrogens is 1. The first-order valence-electron chi connectivity index (χ1n) is 10.0. The summed E-state index contributed by atoms with van der Waals surface area (Å²) >= 11 is 0. The van der Waals surface area contributed by atoms with Gasteiger partial charge in [0.25, 0.3) is 11.5 Å². The van der Waals surface area contributed by atoms with Crippen LogP contribution in [-0.4, -0.2) is 27.7 Å². The van der Waals surface area contributed by atoms with E-state index in [4.69, 9.17) is 9.52 Å². The predicted octanol–water partition coefficient (Wildman–Crippen LogP) is 3.39. The number of carbonyl (C=O) groups excluding carboxylic acids is 1. The lowest BCUT2D eigenvalue weighted by molar-refractivity contribution is 0.0956. The van der Waals surface area contributed by atoms with Gasteiger partial charge in [0, 0.05) is 17.6 Å². The zero-order valence-electron chi connectivity index (χ0n) is 17.2. The molecule has 1 unspecified atom stereocenters. The Labute approximate surface area is 176 Å². The van der Waals surface area contributed by atoms with Crippen LogP contribution in [-0.2, 0) is 22.6 Å². The van der Waals surface area contributed by atoms with Crippen molar-refractivity contribution in [2.45, 2.75) is 50.5 Å². The van der Waals surface area contributed by atoms with Gasteiger partial charge in [-0.1, -0.05) is 6.08 Å². The standard InChI is InChI=1S/C22H27N3O4S/c1-15(2)29-17-8-10-18(11-9-17)30(23,28)13-5-12-24-21(26)19-14-16-6-3-4-7-20(16)25-22(19)27/h5,8-11,13-15,23H,3-4,6-7,12H2,1-2H3,(H,24,26)(H,25,27)/b13-5+. The van der Waals surface area contributed by atoms with Gasteiger partial charge in [0.05, 0.1) is 20.7 Å². The number of fused-ring (bicyclic) bond motifs is 1. The van der Waals surface area contributed by atoms with Crippen LogP contribution >= 0.6 is 0 Å². The molecule has 160 valence electrons. The Balaban J connectivity index is 1.61. The number of hydrogen-bond acceptors (Lipinski definition) is 5. The molecule has 1 amide bonds. The number of hydrogen-bond donors (Lipinski definition) is 3. The smallest absolute Gasteiger partial charge is 0.261 e. The van der Waals surface area contributed by atoms with Crippen molar-refractivity contribution in [1.82, 2.24) is 10.3 Å². The maximum absolute atomic E-state index is 12.6. The van der Waals surface area contributed by atoms with E-state index in [0.717, 1.165) is 36.9 Å². The number of pyridine rings is 1. The molecule has 0 spiro atoms. The van der Waals surface area contributed by atoms with Gasteiger partial charge in [0.1, 0.15) is 11.3 Å². The van der Waals surface area contributed by atoms with Gasteiger partial charge in [-0.25, -0.2) is 8.99 Å². The highest BCUT2D eigenvalue weighted by Gasteiger charge is 2.16. The minimum Gasteiger partial charge on any atom is -0.491 e. The average molecular weight is 430 g/mol. The summed E-state index contributed by atoms with van der Waals surface area (Å²) in [5, 5.41) is 3.89. The quantitative estimate of drug-likeness (QED) is 0.626. The van der Waals surface area contributed by atoms with E-state index in [2.05, 4.69) is 10.3 Å². The number of H-pyrrole nitrogens is 1. The molecule has 30 heavy (non-hydrogen) atoms. The molecule has 7 nitrogen and oxygen atoms in total. The summed E-state index contributed by atoms with van der Waals surface area (Å²) in [5.41, 5.74) is 1.61. The molecule has 2 aromatic rings. The highest BCUT2D eigenvalue weighted by molar-refractivity contribution is 7.95. The van der Waals surface area contributed by atoms with Crippen molar-refractivity contribution in [3.05, 3.63) is 69.0 Å². The lowest BCUT2D eigenvalue weighted by atomic mass is 9.95. The molecule has 0 bridgehead atoms. The van der Waals surface area contributed by atoms with E-state index in [0.29, 0.717) is 10.6 Å². The molecule has 3 rings (SSSR count). The van der Waals surface area contributed by atoms with Crippen LogP contribution in [0.15, 0.2) is 51.5 Å². The number of benzene rings is 1. The second kappa shape index (κ2) is 9.30. The van der Waals surface area contributed by atoms with E-state index in [1.165, 1.54) is 11.5 Å². The molecule has 1 aromatic carbocycles. The molecule has 1 aliphatic carbocycles. The van der Waals surface area contributed by atoms with E-state index in [1.54, 1.807) is 30.3 Å². The highest BCUT2D eigenvalue weighted by atomic mass is 32.2. The first kappa shape index (κ1) is 21.8. The largest absolute Gasteiger partial charge is 0.491 e. The molecule has 1 heterocycles. The maximum atomic E-state index is 12.6. The fourth-order valence-electron chi connectivity index (χ4n) is 3.35.